The Labute approximate surface area is 106 Å². The van der Waals surface area contributed by atoms with Gasteiger partial charge in [0.1, 0.15) is 0 Å². The minimum absolute atomic E-state index is 0. The van der Waals surface area contributed by atoms with Gasteiger partial charge in [-0.25, -0.2) is 4.99 Å². The number of methoxy groups -OCH3 is 1. The smallest absolute Gasteiger partial charge is 0.189 e. The topological polar surface area (TPSA) is 72.5 Å². The van der Waals surface area contributed by atoms with Crippen LogP contribution < -0.4 is 11.1 Å². The molecule has 6 heteroatoms. The number of aliphatic imine (C=N–C) groups is 1. The quantitative estimate of drug-likeness (QED) is 0.476. The number of hydrogen-bond acceptors (Lipinski definition) is 3. The fraction of sp³-hybridized carbons (Fsp3) is 0.400. The maximum atomic E-state index is 5.62. The zero-order chi connectivity index (χ0) is 10.9. The Morgan fingerprint density at radius 3 is 3.00 bits per heavy atom. The highest BCUT2D eigenvalue weighted by atomic mass is 79.9. The van der Waals surface area contributed by atoms with Gasteiger partial charge < -0.3 is 15.8 Å². The van der Waals surface area contributed by atoms with Gasteiger partial charge >= 0.3 is 0 Å². The first-order valence-corrected chi connectivity index (χ1v) is 4.75. The first-order chi connectivity index (χ1) is 7.33. The third-order valence-electron chi connectivity index (χ3n) is 1.75. The third-order valence-corrected chi connectivity index (χ3v) is 1.75. The third kappa shape index (κ3) is 6.36. The second kappa shape index (κ2) is 9.11. The molecule has 0 fully saturated rings. The van der Waals surface area contributed by atoms with Crippen LogP contribution in [0.4, 0.5) is 0 Å². The standard InChI is InChI=1S/C10H16N4O.BrH/c1-15-7-6-13-10(11)14-8-9-4-2-3-5-12-9;/h2-5H,6-8H2,1H3,(H3,11,13,14);1H. The van der Waals surface area contributed by atoms with Crippen LogP contribution in [0.3, 0.4) is 0 Å². The van der Waals surface area contributed by atoms with Gasteiger partial charge in [-0.2, -0.15) is 0 Å². The fourth-order valence-electron chi connectivity index (χ4n) is 0.995. The summed E-state index contributed by atoms with van der Waals surface area (Å²) in [6.45, 7) is 1.76. The predicted octanol–water partition coefficient (Wildman–Crippen LogP) is 0.710. The lowest BCUT2D eigenvalue weighted by atomic mass is 10.3. The van der Waals surface area contributed by atoms with E-state index >= 15 is 0 Å². The van der Waals surface area contributed by atoms with E-state index < -0.39 is 0 Å². The Bertz CT molecular complexity index is 305. The summed E-state index contributed by atoms with van der Waals surface area (Å²) in [4.78, 5) is 8.26. The van der Waals surface area contributed by atoms with Gasteiger partial charge in [0.15, 0.2) is 5.96 Å². The summed E-state index contributed by atoms with van der Waals surface area (Å²) < 4.78 is 4.87. The molecule has 1 aromatic heterocycles. The largest absolute Gasteiger partial charge is 0.383 e. The van der Waals surface area contributed by atoms with Gasteiger partial charge in [0.05, 0.1) is 18.8 Å². The highest BCUT2D eigenvalue weighted by molar-refractivity contribution is 8.93. The highest BCUT2D eigenvalue weighted by Crippen LogP contribution is 1.94. The van der Waals surface area contributed by atoms with Crippen LogP contribution in [0.25, 0.3) is 0 Å². The van der Waals surface area contributed by atoms with Crippen LogP contribution in [-0.4, -0.2) is 31.2 Å². The maximum Gasteiger partial charge on any atom is 0.189 e. The number of nitrogens with one attached hydrogen (secondary N) is 1. The predicted molar refractivity (Wildman–Crippen MR) is 69.8 cm³/mol. The number of aromatic nitrogens is 1. The van der Waals surface area contributed by atoms with Gasteiger partial charge in [-0.05, 0) is 12.1 Å². The molecule has 0 amide bonds. The van der Waals surface area contributed by atoms with Gasteiger partial charge in [0.25, 0.3) is 0 Å². The van der Waals surface area contributed by atoms with Crippen LogP contribution in [-0.2, 0) is 11.3 Å². The molecular weight excluding hydrogens is 272 g/mol. The van der Waals surface area contributed by atoms with E-state index in [9.17, 15) is 0 Å². The molecule has 0 aliphatic rings. The molecule has 3 N–H and O–H groups in total. The molecule has 0 radical (unpaired) electrons. The summed E-state index contributed by atoms with van der Waals surface area (Å²) in [5.41, 5.74) is 6.52. The number of nitrogens with zero attached hydrogens (tertiary/aromatic N) is 2. The number of pyridine rings is 1. The molecule has 5 nitrogen and oxygen atoms in total. The number of rotatable bonds is 5. The van der Waals surface area contributed by atoms with E-state index in [2.05, 4.69) is 15.3 Å². The molecule has 1 heterocycles. The lowest BCUT2D eigenvalue weighted by Crippen LogP contribution is -2.34. The van der Waals surface area contributed by atoms with E-state index in [-0.39, 0.29) is 17.0 Å². The number of ether oxygens (including phenoxy) is 1. The summed E-state index contributed by atoms with van der Waals surface area (Å²) in [5, 5.41) is 2.93. The first-order valence-electron chi connectivity index (χ1n) is 4.75. The van der Waals surface area contributed by atoms with Crippen molar-refractivity contribution in [1.82, 2.24) is 10.3 Å². The summed E-state index contributed by atoms with van der Waals surface area (Å²) >= 11 is 0. The van der Waals surface area contributed by atoms with Gasteiger partial charge in [0, 0.05) is 19.9 Å². The second-order valence-corrected chi connectivity index (χ2v) is 2.94. The lowest BCUT2D eigenvalue weighted by molar-refractivity contribution is 0.204. The van der Waals surface area contributed by atoms with Crippen molar-refractivity contribution in [3.63, 3.8) is 0 Å². The molecule has 1 aromatic rings. The van der Waals surface area contributed by atoms with Crippen molar-refractivity contribution in [1.29, 1.82) is 0 Å². The molecule has 0 unspecified atom stereocenters. The summed E-state index contributed by atoms with van der Waals surface area (Å²) in [5.74, 6) is 0.415. The van der Waals surface area contributed by atoms with Crippen LogP contribution in [0, 0.1) is 0 Å². The van der Waals surface area contributed by atoms with Crippen LogP contribution in [0.5, 0.6) is 0 Å². The molecule has 0 spiro atoms. The van der Waals surface area contributed by atoms with E-state index in [1.165, 1.54) is 0 Å². The van der Waals surface area contributed by atoms with Crippen LogP contribution in [0.15, 0.2) is 29.4 Å². The van der Waals surface area contributed by atoms with Crippen LogP contribution in [0.2, 0.25) is 0 Å². The average Bonchev–Trinajstić information content (AvgIpc) is 2.28. The summed E-state index contributed by atoms with van der Waals surface area (Å²) in [6.07, 6.45) is 1.74. The van der Waals surface area contributed by atoms with Gasteiger partial charge in [-0.3, -0.25) is 4.98 Å². The van der Waals surface area contributed by atoms with Crippen molar-refractivity contribution in [2.45, 2.75) is 6.54 Å². The van der Waals surface area contributed by atoms with Crippen LogP contribution in [0.1, 0.15) is 5.69 Å². The Kier molecular flexibility index (Phi) is 8.46. The zero-order valence-corrected chi connectivity index (χ0v) is 10.9. The van der Waals surface area contributed by atoms with Gasteiger partial charge in [-0.15, -0.1) is 17.0 Å². The Hall–Kier alpha value is -1.14. The summed E-state index contributed by atoms with van der Waals surface area (Å²) in [6, 6.07) is 5.70. The SMILES string of the molecule is Br.COCCNC(N)=NCc1ccccn1. The molecule has 0 aromatic carbocycles. The van der Waals surface area contributed by atoms with Crippen molar-refractivity contribution in [3.05, 3.63) is 30.1 Å². The second-order valence-electron chi connectivity index (χ2n) is 2.94. The molecule has 90 valence electrons. The zero-order valence-electron chi connectivity index (χ0n) is 9.22. The van der Waals surface area contributed by atoms with E-state index in [0.29, 0.717) is 25.7 Å². The molecule has 0 saturated carbocycles. The average molecular weight is 289 g/mol. The van der Waals surface area contributed by atoms with E-state index in [1.807, 2.05) is 18.2 Å². The fourth-order valence-corrected chi connectivity index (χ4v) is 0.995. The van der Waals surface area contributed by atoms with Crippen LogP contribution >= 0.6 is 17.0 Å². The molecule has 0 saturated heterocycles. The van der Waals surface area contributed by atoms with Crippen molar-refractivity contribution in [3.8, 4) is 0 Å². The lowest BCUT2D eigenvalue weighted by Gasteiger charge is -2.03. The first kappa shape index (κ1) is 14.9. The van der Waals surface area contributed by atoms with Crippen molar-refractivity contribution < 1.29 is 4.74 Å². The van der Waals surface area contributed by atoms with E-state index in [1.54, 1.807) is 13.3 Å². The van der Waals surface area contributed by atoms with Gasteiger partial charge in [0.2, 0.25) is 0 Å². The number of nitrogens with two attached hydrogens (primary N) is 1. The highest BCUT2D eigenvalue weighted by Gasteiger charge is 1.92. The van der Waals surface area contributed by atoms with Crippen molar-refractivity contribution >= 4 is 22.9 Å². The Morgan fingerprint density at radius 1 is 1.56 bits per heavy atom. The minimum Gasteiger partial charge on any atom is -0.383 e. The monoisotopic (exact) mass is 288 g/mol. The molecule has 16 heavy (non-hydrogen) atoms. The maximum absolute atomic E-state index is 5.62. The number of guanidine groups is 1. The molecule has 0 atom stereocenters. The molecule has 0 aliphatic carbocycles. The minimum atomic E-state index is 0. The van der Waals surface area contributed by atoms with E-state index in [0.717, 1.165) is 5.69 Å². The van der Waals surface area contributed by atoms with E-state index in [4.69, 9.17) is 10.5 Å². The molecule has 0 aliphatic heterocycles. The molecular formula is C10H17BrN4O. The summed E-state index contributed by atoms with van der Waals surface area (Å²) in [7, 11) is 1.64. The van der Waals surface area contributed by atoms with Gasteiger partial charge in [-0.1, -0.05) is 6.07 Å². The molecule has 1 rings (SSSR count). The number of hydrogen-bond donors (Lipinski definition) is 2. The molecule has 0 bridgehead atoms. The normalized spacial score (nSPS) is 10.7. The van der Waals surface area contributed by atoms with Crippen molar-refractivity contribution in [2.75, 3.05) is 20.3 Å². The Balaban J connectivity index is 0.00000225. The number of halogens is 1. The van der Waals surface area contributed by atoms with Crippen molar-refractivity contribution in [2.24, 2.45) is 10.7 Å². The Morgan fingerprint density at radius 2 is 2.38 bits per heavy atom.